The van der Waals surface area contributed by atoms with Crippen molar-refractivity contribution in [3.8, 4) is 0 Å². The molecule has 0 radical (unpaired) electrons. The Bertz CT molecular complexity index is 1550. The van der Waals surface area contributed by atoms with Crippen LogP contribution in [0.4, 0.5) is 0 Å². The molecule has 0 N–H and O–H groups in total. The lowest BCUT2D eigenvalue weighted by atomic mass is 9.89. The maximum atomic E-state index is 15.0. The van der Waals surface area contributed by atoms with Gasteiger partial charge in [0.1, 0.15) is 4.90 Å². The maximum Gasteiger partial charge on any atom is 0.307 e. The molecule has 4 rings (SSSR count). The minimum atomic E-state index is -4.26. The van der Waals surface area contributed by atoms with Crippen LogP contribution in [0.25, 0.3) is 0 Å². The zero-order valence-corrected chi connectivity index (χ0v) is 27.5. The summed E-state index contributed by atoms with van der Waals surface area (Å²) in [5.74, 6) is 0.278. The summed E-state index contributed by atoms with van der Waals surface area (Å²) >= 11 is 0. The van der Waals surface area contributed by atoms with Crippen LogP contribution in [0.3, 0.4) is 0 Å². The van der Waals surface area contributed by atoms with Gasteiger partial charge in [0.2, 0.25) is 0 Å². The Morgan fingerprint density at radius 1 is 0.585 bits per heavy atom. The summed E-state index contributed by atoms with van der Waals surface area (Å²) in [4.78, 5) is 2.91. The molecular weight excluding hydrogens is 545 g/mol. The van der Waals surface area contributed by atoms with Gasteiger partial charge in [-0.15, -0.1) is 0 Å². The highest BCUT2D eigenvalue weighted by Gasteiger charge is 2.41. The predicted molar refractivity (Wildman–Crippen MR) is 173 cm³/mol. The SMILES string of the molecule is Cc1ccc(S(OS(=O)(=O)c2c(C(C)C)cc(C(C)C)cc2C(C)C)(c2ccccc2)c2ccccc2)c(C)c1C. The van der Waals surface area contributed by atoms with Gasteiger partial charge in [-0.1, -0.05) is 96.1 Å². The van der Waals surface area contributed by atoms with Gasteiger partial charge in [-0.2, -0.15) is 8.42 Å². The van der Waals surface area contributed by atoms with Crippen molar-refractivity contribution in [2.75, 3.05) is 0 Å². The summed E-state index contributed by atoms with van der Waals surface area (Å²) in [7, 11) is -6.97. The Kier molecular flexibility index (Phi) is 9.22. The lowest BCUT2D eigenvalue weighted by molar-refractivity contribution is 0.503. The van der Waals surface area contributed by atoms with Crippen molar-refractivity contribution in [3.63, 3.8) is 0 Å². The zero-order valence-electron chi connectivity index (χ0n) is 25.9. The molecule has 0 aliphatic heterocycles. The number of hydrogen-bond donors (Lipinski definition) is 0. The fourth-order valence-corrected chi connectivity index (χ4v) is 11.5. The highest BCUT2D eigenvalue weighted by Crippen LogP contribution is 2.71. The summed E-state index contributed by atoms with van der Waals surface area (Å²) in [6, 6.07) is 28.1. The molecule has 5 heteroatoms. The monoisotopic (exact) mass is 588 g/mol. The fourth-order valence-electron chi connectivity index (χ4n) is 5.32. The minimum absolute atomic E-state index is 0.000723. The van der Waals surface area contributed by atoms with E-state index in [0.717, 1.165) is 48.1 Å². The van der Waals surface area contributed by atoms with Crippen LogP contribution in [0.2, 0.25) is 0 Å². The number of aryl methyl sites for hydroxylation is 1. The predicted octanol–water partition coefficient (Wildman–Crippen LogP) is 10.6. The molecule has 0 saturated carbocycles. The standard InChI is InChI=1S/C36H44O3S2/c1-24(2)30-22-33(25(3)4)36(34(23-30)26(5)6)41(37,38)39-40(31-16-12-10-13-17-31,32-18-14-11-15-19-32)35-21-20-27(7)28(8)29(35)9/h10-26H,1-9H3. The maximum absolute atomic E-state index is 15.0. The molecule has 0 fully saturated rings. The Morgan fingerprint density at radius 3 is 1.46 bits per heavy atom. The van der Waals surface area contributed by atoms with Crippen molar-refractivity contribution in [3.05, 3.63) is 118 Å². The van der Waals surface area contributed by atoms with E-state index in [2.05, 4.69) is 86.6 Å². The van der Waals surface area contributed by atoms with Crippen molar-refractivity contribution >= 4 is 20.4 Å². The van der Waals surface area contributed by atoms with Gasteiger partial charge in [0.05, 0.1) is 0 Å². The molecule has 0 aromatic heterocycles. The average molecular weight is 589 g/mol. The first-order valence-corrected chi connectivity index (χ1v) is 17.4. The Balaban J connectivity index is 2.14. The second-order valence-electron chi connectivity index (χ2n) is 11.8. The van der Waals surface area contributed by atoms with E-state index >= 15 is 0 Å². The molecule has 0 aliphatic rings. The van der Waals surface area contributed by atoms with Gasteiger partial charge in [0, 0.05) is 14.7 Å². The zero-order chi connectivity index (χ0) is 30.1. The first-order valence-electron chi connectivity index (χ1n) is 14.5. The second-order valence-corrected chi connectivity index (χ2v) is 16.2. The number of hydrogen-bond acceptors (Lipinski definition) is 3. The Hall–Kier alpha value is -2.86. The van der Waals surface area contributed by atoms with E-state index in [1.165, 1.54) is 0 Å². The van der Waals surface area contributed by atoms with E-state index in [-0.39, 0.29) is 17.8 Å². The first-order chi connectivity index (χ1) is 19.3. The lowest BCUT2D eigenvalue weighted by Gasteiger charge is -2.41. The van der Waals surface area contributed by atoms with Crippen LogP contribution in [0.15, 0.2) is 105 Å². The van der Waals surface area contributed by atoms with Gasteiger partial charge in [-0.3, -0.25) is 0 Å². The van der Waals surface area contributed by atoms with Crippen LogP contribution in [-0.2, 0) is 13.7 Å². The molecule has 0 spiro atoms. The minimum Gasteiger partial charge on any atom is -0.203 e. The van der Waals surface area contributed by atoms with Crippen LogP contribution in [0.5, 0.6) is 0 Å². The van der Waals surface area contributed by atoms with Crippen LogP contribution < -0.4 is 0 Å². The van der Waals surface area contributed by atoms with E-state index in [9.17, 15) is 8.42 Å². The molecule has 41 heavy (non-hydrogen) atoms. The molecule has 0 heterocycles. The molecule has 218 valence electrons. The highest BCUT2D eigenvalue weighted by atomic mass is 32.3. The fraction of sp³-hybridized carbons (Fsp3) is 0.333. The van der Waals surface area contributed by atoms with E-state index in [0.29, 0.717) is 4.90 Å². The molecule has 4 aromatic rings. The molecule has 4 aromatic carbocycles. The normalized spacial score (nSPS) is 12.9. The third-order valence-corrected chi connectivity index (χ3v) is 13.4. The van der Waals surface area contributed by atoms with Crippen molar-refractivity contribution in [2.24, 2.45) is 0 Å². The quantitative estimate of drug-likeness (QED) is 0.195. The first kappa shape index (κ1) is 31.1. The van der Waals surface area contributed by atoms with Crippen molar-refractivity contribution in [2.45, 2.75) is 99.6 Å². The van der Waals surface area contributed by atoms with Crippen molar-refractivity contribution in [1.82, 2.24) is 0 Å². The van der Waals surface area contributed by atoms with E-state index < -0.39 is 20.4 Å². The van der Waals surface area contributed by atoms with Gasteiger partial charge >= 0.3 is 10.1 Å². The van der Waals surface area contributed by atoms with Crippen molar-refractivity contribution < 1.29 is 12.0 Å². The Morgan fingerprint density at radius 2 is 1.05 bits per heavy atom. The smallest absolute Gasteiger partial charge is 0.203 e. The molecule has 0 bridgehead atoms. The molecular formula is C36H44O3S2. The molecule has 0 atom stereocenters. The third-order valence-electron chi connectivity index (χ3n) is 7.99. The second kappa shape index (κ2) is 12.2. The summed E-state index contributed by atoms with van der Waals surface area (Å²) in [6.45, 7) is 18.8. The molecule has 3 nitrogen and oxygen atoms in total. The van der Waals surface area contributed by atoms with Gasteiger partial charge in [-0.25, -0.2) is 3.63 Å². The van der Waals surface area contributed by atoms with Crippen LogP contribution in [0.1, 0.15) is 92.7 Å². The largest absolute Gasteiger partial charge is 0.307 e. The summed E-state index contributed by atoms with van der Waals surface area (Å²) in [5.41, 5.74) is 6.12. The third kappa shape index (κ3) is 5.90. The van der Waals surface area contributed by atoms with Crippen LogP contribution in [0, 0.1) is 20.8 Å². The molecule has 0 unspecified atom stereocenters. The summed E-state index contributed by atoms with van der Waals surface area (Å²) in [6.07, 6.45) is 0. The van der Waals surface area contributed by atoms with E-state index in [4.69, 9.17) is 3.63 Å². The summed E-state index contributed by atoms with van der Waals surface area (Å²) in [5, 5.41) is 0. The number of benzene rings is 4. The number of rotatable bonds is 9. The van der Waals surface area contributed by atoms with E-state index in [1.807, 2.05) is 60.7 Å². The van der Waals surface area contributed by atoms with Crippen LogP contribution in [-0.4, -0.2) is 8.42 Å². The van der Waals surface area contributed by atoms with Gasteiger partial charge in [0.25, 0.3) is 0 Å². The van der Waals surface area contributed by atoms with Gasteiger partial charge < -0.3 is 0 Å². The van der Waals surface area contributed by atoms with Crippen LogP contribution >= 0.6 is 10.3 Å². The lowest BCUT2D eigenvalue weighted by Crippen LogP contribution is -2.19. The molecule has 0 aliphatic carbocycles. The van der Waals surface area contributed by atoms with Crippen molar-refractivity contribution in [1.29, 1.82) is 0 Å². The molecule has 0 saturated heterocycles. The summed E-state index contributed by atoms with van der Waals surface area (Å²) < 4.78 is 36.8. The average Bonchev–Trinajstić information content (AvgIpc) is 2.95. The molecule has 0 amide bonds. The Labute approximate surface area is 249 Å². The van der Waals surface area contributed by atoms with E-state index in [1.54, 1.807) is 0 Å². The topological polar surface area (TPSA) is 43.4 Å². The van der Waals surface area contributed by atoms with Gasteiger partial charge in [-0.05, 0) is 113 Å². The van der Waals surface area contributed by atoms with Gasteiger partial charge in [0.15, 0.2) is 0 Å². The highest BCUT2D eigenvalue weighted by molar-refractivity contribution is 8.33.